The van der Waals surface area contributed by atoms with E-state index < -0.39 is 17.2 Å². The third kappa shape index (κ3) is 3.93. The molecule has 4 heterocycles. The number of aromatic nitrogens is 2. The zero-order valence-electron chi connectivity index (χ0n) is 26.9. The normalized spacial score (nSPS) is 24.0. The van der Waals surface area contributed by atoms with Crippen LogP contribution in [0.4, 0.5) is 4.79 Å². The number of carbonyl (C=O) groups excluding carboxylic acids is 2. The summed E-state index contributed by atoms with van der Waals surface area (Å²) >= 11 is 0. The van der Waals surface area contributed by atoms with Gasteiger partial charge in [0, 0.05) is 65.9 Å². The molecule has 9 heteroatoms. The lowest BCUT2D eigenvalue weighted by atomic mass is 9.74. The van der Waals surface area contributed by atoms with Crippen molar-refractivity contribution in [3.63, 3.8) is 0 Å². The van der Waals surface area contributed by atoms with E-state index in [-0.39, 0.29) is 30.6 Å². The summed E-state index contributed by atoms with van der Waals surface area (Å²) in [5.41, 5.74) is 6.65. The molecule has 234 valence electrons. The quantitative estimate of drug-likeness (QED) is 0.264. The summed E-state index contributed by atoms with van der Waals surface area (Å²) in [6, 6.07) is 17.4. The number of fused-ring (bicyclic) bond motifs is 13. The van der Waals surface area contributed by atoms with Crippen molar-refractivity contribution >= 4 is 55.6 Å². The molecule has 0 unspecified atom stereocenters. The second kappa shape index (κ2) is 9.71. The van der Waals surface area contributed by atoms with Gasteiger partial charge < -0.3 is 34.1 Å². The van der Waals surface area contributed by atoms with E-state index in [1.54, 1.807) is 32.8 Å². The Labute approximate surface area is 262 Å². The zero-order valence-corrected chi connectivity index (χ0v) is 26.9. The largest absolute Gasteiger partial charge is 0.444 e. The minimum absolute atomic E-state index is 0.122. The van der Waals surface area contributed by atoms with Crippen molar-refractivity contribution in [2.75, 3.05) is 20.7 Å². The predicted molar refractivity (Wildman–Crippen MR) is 177 cm³/mol. The zero-order chi connectivity index (χ0) is 31.4. The Kier molecular flexibility index (Phi) is 6.13. The van der Waals surface area contributed by atoms with Crippen molar-refractivity contribution in [2.24, 2.45) is 0 Å². The van der Waals surface area contributed by atoms with Crippen molar-refractivity contribution in [1.82, 2.24) is 24.7 Å². The molecule has 2 bridgehead atoms. The van der Waals surface area contributed by atoms with Gasteiger partial charge in [0.2, 0.25) is 5.91 Å². The third-order valence-electron chi connectivity index (χ3n) is 10.5. The molecule has 0 saturated heterocycles. The second-order valence-electron chi connectivity index (χ2n) is 14.3. The highest BCUT2D eigenvalue weighted by Gasteiger charge is 2.53. The fourth-order valence-corrected chi connectivity index (χ4v) is 8.94. The Balaban J connectivity index is 1.35. The molecule has 8 rings (SSSR count). The lowest BCUT2D eigenvalue weighted by Gasteiger charge is -2.51. The number of likely N-dealkylation sites (N-methyl/N-ethyl adjacent to an activating group) is 1. The van der Waals surface area contributed by atoms with Gasteiger partial charge in [0.15, 0.2) is 0 Å². The van der Waals surface area contributed by atoms with Gasteiger partial charge >= 0.3 is 6.09 Å². The van der Waals surface area contributed by atoms with Crippen LogP contribution in [0.5, 0.6) is 0 Å². The minimum atomic E-state index is -0.644. The number of rotatable bonds is 4. The van der Waals surface area contributed by atoms with Crippen LogP contribution in [-0.4, -0.2) is 64.5 Å². The van der Waals surface area contributed by atoms with E-state index in [0.717, 1.165) is 25.9 Å². The molecule has 1 aliphatic carbocycles. The van der Waals surface area contributed by atoms with E-state index in [9.17, 15) is 9.59 Å². The Morgan fingerprint density at radius 2 is 1.62 bits per heavy atom. The van der Waals surface area contributed by atoms with Crippen LogP contribution in [0.15, 0.2) is 48.5 Å². The molecule has 45 heavy (non-hydrogen) atoms. The maximum absolute atomic E-state index is 13.7. The topological polar surface area (TPSA) is 89.8 Å². The first kappa shape index (κ1) is 28.4. The van der Waals surface area contributed by atoms with Crippen LogP contribution in [0.1, 0.15) is 57.7 Å². The summed E-state index contributed by atoms with van der Waals surface area (Å²) in [5, 5.41) is 11.6. The molecular formula is C36H41N5O4. The average molecular weight is 608 g/mol. The molecule has 2 N–H and O–H groups in total. The maximum atomic E-state index is 13.7. The number of benzene rings is 3. The van der Waals surface area contributed by atoms with Crippen LogP contribution in [0.25, 0.3) is 43.6 Å². The van der Waals surface area contributed by atoms with Gasteiger partial charge in [-0.3, -0.25) is 4.79 Å². The summed E-state index contributed by atoms with van der Waals surface area (Å²) < 4.78 is 17.0. The number of hydrogen-bond donors (Lipinski definition) is 2. The molecule has 2 amide bonds. The van der Waals surface area contributed by atoms with Crippen LogP contribution in [-0.2, 0) is 32.9 Å². The molecule has 4 atom stereocenters. The lowest BCUT2D eigenvalue weighted by Crippen LogP contribution is -2.61. The molecule has 1 saturated carbocycles. The molecular weight excluding hydrogens is 566 g/mol. The summed E-state index contributed by atoms with van der Waals surface area (Å²) in [4.78, 5) is 27.9. The van der Waals surface area contributed by atoms with Gasteiger partial charge in [-0.2, -0.15) is 0 Å². The molecule has 9 nitrogen and oxygen atoms in total. The first-order valence-corrected chi connectivity index (χ1v) is 16.0. The highest BCUT2D eigenvalue weighted by Crippen LogP contribution is 2.55. The van der Waals surface area contributed by atoms with Crippen molar-refractivity contribution in [3.8, 4) is 0 Å². The van der Waals surface area contributed by atoms with E-state index in [1.807, 2.05) is 7.05 Å². The number of hydrogen-bond acceptors (Lipinski definition) is 5. The molecule has 0 spiro atoms. The molecule has 0 radical (unpaired) electrons. The monoisotopic (exact) mass is 607 g/mol. The van der Waals surface area contributed by atoms with Crippen molar-refractivity contribution < 1.29 is 19.1 Å². The molecule has 3 aliphatic rings. The molecule has 1 fully saturated rings. The minimum Gasteiger partial charge on any atom is -0.444 e. The number of methoxy groups -OCH3 is 1. The van der Waals surface area contributed by atoms with Gasteiger partial charge in [0.05, 0.1) is 22.6 Å². The van der Waals surface area contributed by atoms with Gasteiger partial charge in [0.25, 0.3) is 0 Å². The highest BCUT2D eigenvalue weighted by atomic mass is 16.6. The molecule has 2 aliphatic heterocycles. The van der Waals surface area contributed by atoms with Crippen LogP contribution in [0.3, 0.4) is 0 Å². The van der Waals surface area contributed by atoms with E-state index in [0.29, 0.717) is 0 Å². The number of alkyl carbamates (subject to hydrolysis) is 1. The molecule has 5 aromatic rings. The SMILES string of the molecule is CO[C@@H]1[C@H](N(C)C(=O)CNC(=O)OC(C)(C)C)C[C@H]2C[C@]1(C)n1c3ccccc3c3c4c(c5c6ccccc6n2c5c31)CNC4. The highest BCUT2D eigenvalue weighted by molar-refractivity contribution is 6.25. The van der Waals surface area contributed by atoms with Crippen LogP contribution in [0, 0.1) is 0 Å². The van der Waals surface area contributed by atoms with Crippen molar-refractivity contribution in [1.29, 1.82) is 0 Å². The van der Waals surface area contributed by atoms with Gasteiger partial charge in [-0.15, -0.1) is 0 Å². The van der Waals surface area contributed by atoms with Gasteiger partial charge in [-0.1, -0.05) is 36.4 Å². The van der Waals surface area contributed by atoms with E-state index in [4.69, 9.17) is 9.47 Å². The Morgan fingerprint density at radius 1 is 1.00 bits per heavy atom. The predicted octanol–water partition coefficient (Wildman–Crippen LogP) is 5.94. The first-order valence-electron chi connectivity index (χ1n) is 16.0. The van der Waals surface area contributed by atoms with E-state index in [2.05, 4.69) is 75.2 Å². The van der Waals surface area contributed by atoms with Gasteiger partial charge in [-0.25, -0.2) is 4.79 Å². The maximum Gasteiger partial charge on any atom is 0.408 e. The van der Waals surface area contributed by atoms with Crippen LogP contribution >= 0.6 is 0 Å². The Bertz CT molecular complexity index is 2050. The van der Waals surface area contributed by atoms with Crippen LogP contribution < -0.4 is 10.6 Å². The fourth-order valence-electron chi connectivity index (χ4n) is 8.94. The summed E-state index contributed by atoms with van der Waals surface area (Å²) in [6.07, 6.45) is 0.702. The Morgan fingerprint density at radius 3 is 2.29 bits per heavy atom. The second-order valence-corrected chi connectivity index (χ2v) is 14.3. The number of nitrogens with zero attached hydrogens (tertiary/aromatic N) is 3. The van der Waals surface area contributed by atoms with E-state index in [1.165, 1.54) is 54.7 Å². The number of para-hydroxylation sites is 2. The average Bonchev–Trinajstić information content (AvgIpc) is 3.69. The van der Waals surface area contributed by atoms with Crippen LogP contribution in [0.2, 0.25) is 0 Å². The molecule has 3 aromatic carbocycles. The van der Waals surface area contributed by atoms with Crippen molar-refractivity contribution in [3.05, 3.63) is 59.7 Å². The first-order chi connectivity index (χ1) is 21.5. The number of carbonyl (C=O) groups is 2. The summed E-state index contributed by atoms with van der Waals surface area (Å²) in [6.45, 7) is 9.28. The number of ether oxygens (including phenoxy) is 2. The fraction of sp³-hybridized carbons (Fsp3) is 0.444. The van der Waals surface area contributed by atoms with Gasteiger partial charge in [-0.05, 0) is 63.8 Å². The smallest absolute Gasteiger partial charge is 0.408 e. The van der Waals surface area contributed by atoms with E-state index >= 15 is 0 Å². The summed E-state index contributed by atoms with van der Waals surface area (Å²) in [7, 11) is 3.61. The number of amides is 2. The lowest BCUT2D eigenvalue weighted by molar-refractivity contribution is -0.141. The van der Waals surface area contributed by atoms with Gasteiger partial charge in [0.1, 0.15) is 18.2 Å². The standard InChI is InChI=1S/C36H41N5O4/c1-35(2,3)45-34(43)38-19-28(42)39(5)27-15-20-16-36(4,33(27)44-6)41-26-14-10-8-12-22(26)30-24-18-37-17-23(24)29-21-11-7-9-13-25(21)40(20)31(29)32(30)41/h7-14,20,27,33,37H,15-19H2,1-6H3,(H,38,43)/t20-,27+,33+,36-/m0/s1. The third-order valence-corrected chi connectivity index (χ3v) is 10.5. The Hall–Kier alpha value is -4.08. The number of nitrogens with one attached hydrogen (secondary N) is 2. The summed E-state index contributed by atoms with van der Waals surface area (Å²) in [5.74, 6) is -0.178. The molecule has 2 aromatic heterocycles. The van der Waals surface area contributed by atoms with Crippen molar-refractivity contribution in [2.45, 2.75) is 83.0 Å².